The summed E-state index contributed by atoms with van der Waals surface area (Å²) in [6, 6.07) is 0. The van der Waals surface area contributed by atoms with Crippen LogP contribution in [0.2, 0.25) is 0 Å². The van der Waals surface area contributed by atoms with Crippen molar-refractivity contribution in [3.05, 3.63) is 17.1 Å². The van der Waals surface area contributed by atoms with Crippen molar-refractivity contribution >= 4 is 10.0 Å². The highest BCUT2D eigenvalue weighted by molar-refractivity contribution is 7.89. The number of piperidine rings is 1. The summed E-state index contributed by atoms with van der Waals surface area (Å²) >= 11 is 0. The maximum absolute atomic E-state index is 12.2. The molecule has 0 unspecified atom stereocenters. The molecule has 1 aromatic rings. The third-order valence-corrected chi connectivity index (χ3v) is 7.01. The molecule has 7 nitrogen and oxygen atoms in total. The van der Waals surface area contributed by atoms with Crippen molar-refractivity contribution in [3.8, 4) is 5.88 Å². The number of aryl methyl sites for hydroxylation is 1. The Balaban J connectivity index is 1.70. The molecule has 0 N–H and O–H groups in total. The molecule has 0 saturated carbocycles. The number of ether oxygens (including phenoxy) is 2. The molecule has 0 aliphatic carbocycles. The standard InChI is InChI=1S/C18H29N3O4S/c1-3-13-26(22,23)21-9-5-14(6-10-21)25-18-15-7-11-24-12-8-16(15)19-17(4-2)20-18/h14H,3-13H2,1-2H3. The van der Waals surface area contributed by atoms with Gasteiger partial charge >= 0.3 is 0 Å². The van der Waals surface area contributed by atoms with Gasteiger partial charge < -0.3 is 9.47 Å². The molecule has 3 rings (SSSR count). The summed E-state index contributed by atoms with van der Waals surface area (Å²) in [5.74, 6) is 1.69. The van der Waals surface area contributed by atoms with Crippen LogP contribution in [-0.4, -0.2) is 60.9 Å². The second kappa shape index (κ2) is 8.63. The first-order valence-electron chi connectivity index (χ1n) is 9.64. The Kier molecular flexibility index (Phi) is 6.47. The third kappa shape index (κ3) is 4.53. The van der Waals surface area contributed by atoms with E-state index in [2.05, 4.69) is 9.97 Å². The SMILES string of the molecule is CCCS(=O)(=O)N1CCC(Oc2nc(CC)nc3c2CCOCC3)CC1. The summed E-state index contributed by atoms with van der Waals surface area (Å²) in [5.41, 5.74) is 2.09. The fraction of sp³-hybridized carbons (Fsp3) is 0.778. The topological polar surface area (TPSA) is 81.6 Å². The summed E-state index contributed by atoms with van der Waals surface area (Å²) in [7, 11) is -3.12. The highest BCUT2D eigenvalue weighted by Crippen LogP contribution is 2.26. The fourth-order valence-electron chi connectivity index (χ4n) is 3.49. The Morgan fingerprint density at radius 1 is 1.15 bits per heavy atom. The minimum atomic E-state index is -3.12. The number of nitrogens with zero attached hydrogens (tertiary/aromatic N) is 3. The van der Waals surface area contributed by atoms with Gasteiger partial charge in [-0.15, -0.1) is 0 Å². The minimum Gasteiger partial charge on any atom is -0.474 e. The quantitative estimate of drug-likeness (QED) is 0.744. The van der Waals surface area contributed by atoms with Crippen molar-refractivity contribution in [2.75, 3.05) is 32.1 Å². The van der Waals surface area contributed by atoms with Gasteiger partial charge in [0.05, 0.1) is 24.7 Å². The van der Waals surface area contributed by atoms with E-state index in [-0.39, 0.29) is 11.9 Å². The van der Waals surface area contributed by atoms with Crippen LogP contribution in [0.1, 0.15) is 50.2 Å². The van der Waals surface area contributed by atoms with Crippen molar-refractivity contribution in [1.82, 2.24) is 14.3 Å². The van der Waals surface area contributed by atoms with E-state index in [0.717, 1.165) is 36.3 Å². The second-order valence-corrected chi connectivity index (χ2v) is 8.96. The molecule has 1 aromatic heterocycles. The molecule has 2 aliphatic rings. The molecule has 1 fully saturated rings. The summed E-state index contributed by atoms with van der Waals surface area (Å²) in [6.07, 6.45) is 4.34. The number of hydrogen-bond acceptors (Lipinski definition) is 6. The maximum atomic E-state index is 12.2. The number of aromatic nitrogens is 2. The van der Waals surface area contributed by atoms with Gasteiger partial charge in [0, 0.05) is 37.9 Å². The van der Waals surface area contributed by atoms with Gasteiger partial charge in [-0.1, -0.05) is 13.8 Å². The normalized spacial score (nSPS) is 19.8. The lowest BCUT2D eigenvalue weighted by Gasteiger charge is -2.31. The molecule has 2 aliphatic heterocycles. The molecule has 8 heteroatoms. The predicted octanol–water partition coefficient (Wildman–Crippen LogP) is 1.74. The van der Waals surface area contributed by atoms with Crippen molar-refractivity contribution in [2.45, 2.75) is 58.5 Å². The first-order valence-corrected chi connectivity index (χ1v) is 11.2. The van der Waals surface area contributed by atoms with Gasteiger partial charge in [0.1, 0.15) is 11.9 Å². The zero-order valence-electron chi connectivity index (χ0n) is 15.7. The molecule has 0 radical (unpaired) electrons. The zero-order chi connectivity index (χ0) is 18.6. The van der Waals surface area contributed by atoms with E-state index >= 15 is 0 Å². The van der Waals surface area contributed by atoms with Crippen LogP contribution in [0, 0.1) is 0 Å². The monoisotopic (exact) mass is 383 g/mol. The average molecular weight is 384 g/mol. The first-order chi connectivity index (χ1) is 12.5. The van der Waals surface area contributed by atoms with E-state index in [1.165, 1.54) is 0 Å². The predicted molar refractivity (Wildman–Crippen MR) is 98.9 cm³/mol. The van der Waals surface area contributed by atoms with Gasteiger partial charge in [-0.25, -0.2) is 17.7 Å². The highest BCUT2D eigenvalue weighted by atomic mass is 32.2. The van der Waals surface area contributed by atoms with Gasteiger partial charge in [-0.3, -0.25) is 0 Å². The van der Waals surface area contributed by atoms with E-state index < -0.39 is 10.0 Å². The molecule has 0 atom stereocenters. The van der Waals surface area contributed by atoms with E-state index in [1.807, 2.05) is 13.8 Å². The van der Waals surface area contributed by atoms with Crippen LogP contribution in [0.25, 0.3) is 0 Å². The lowest BCUT2D eigenvalue weighted by molar-refractivity contribution is 0.126. The third-order valence-electron chi connectivity index (χ3n) is 4.93. The zero-order valence-corrected chi connectivity index (χ0v) is 16.6. The van der Waals surface area contributed by atoms with Gasteiger partial charge in [-0.05, 0) is 19.3 Å². The molecule has 1 saturated heterocycles. The van der Waals surface area contributed by atoms with Crippen LogP contribution in [0.15, 0.2) is 0 Å². The molecule has 0 bridgehead atoms. The number of rotatable bonds is 6. The minimum absolute atomic E-state index is 0.00375. The van der Waals surface area contributed by atoms with Gasteiger partial charge in [0.25, 0.3) is 0 Å². The van der Waals surface area contributed by atoms with E-state index in [0.29, 0.717) is 51.4 Å². The van der Waals surface area contributed by atoms with Crippen molar-refractivity contribution < 1.29 is 17.9 Å². The highest BCUT2D eigenvalue weighted by Gasteiger charge is 2.29. The van der Waals surface area contributed by atoms with E-state index in [1.54, 1.807) is 4.31 Å². The second-order valence-electron chi connectivity index (χ2n) is 6.87. The molecule has 26 heavy (non-hydrogen) atoms. The van der Waals surface area contributed by atoms with Crippen LogP contribution in [0.4, 0.5) is 0 Å². The number of sulfonamides is 1. The summed E-state index contributed by atoms with van der Waals surface area (Å²) < 4.78 is 37.8. The maximum Gasteiger partial charge on any atom is 0.220 e. The molecular formula is C18H29N3O4S. The smallest absolute Gasteiger partial charge is 0.220 e. The van der Waals surface area contributed by atoms with Gasteiger partial charge in [0.15, 0.2) is 0 Å². The molecule has 0 spiro atoms. The van der Waals surface area contributed by atoms with Gasteiger partial charge in [0.2, 0.25) is 15.9 Å². The Morgan fingerprint density at radius 2 is 1.88 bits per heavy atom. The molecule has 146 valence electrons. The lowest BCUT2D eigenvalue weighted by Crippen LogP contribution is -2.42. The van der Waals surface area contributed by atoms with Crippen LogP contribution in [-0.2, 0) is 34.0 Å². The average Bonchev–Trinajstić information content (AvgIpc) is 2.87. The summed E-state index contributed by atoms with van der Waals surface area (Å²) in [5, 5.41) is 0. The number of fused-ring (bicyclic) bond motifs is 1. The molecule has 3 heterocycles. The Bertz CT molecular complexity index is 715. The van der Waals surface area contributed by atoms with Crippen molar-refractivity contribution in [2.24, 2.45) is 0 Å². The summed E-state index contributed by atoms with van der Waals surface area (Å²) in [6.45, 7) is 6.30. The van der Waals surface area contributed by atoms with Crippen LogP contribution in [0.5, 0.6) is 5.88 Å². The van der Waals surface area contributed by atoms with Crippen LogP contribution in [0.3, 0.4) is 0 Å². The largest absolute Gasteiger partial charge is 0.474 e. The van der Waals surface area contributed by atoms with Crippen molar-refractivity contribution in [3.63, 3.8) is 0 Å². The van der Waals surface area contributed by atoms with E-state index in [9.17, 15) is 8.42 Å². The Morgan fingerprint density at radius 3 is 2.58 bits per heavy atom. The number of hydrogen-bond donors (Lipinski definition) is 0. The molecule has 0 aromatic carbocycles. The first kappa shape index (κ1) is 19.5. The van der Waals surface area contributed by atoms with Crippen LogP contribution >= 0.6 is 0 Å². The van der Waals surface area contributed by atoms with Crippen LogP contribution < -0.4 is 4.74 Å². The molecule has 0 amide bonds. The summed E-state index contributed by atoms with van der Waals surface area (Å²) in [4.78, 5) is 9.27. The molecular weight excluding hydrogens is 354 g/mol. The van der Waals surface area contributed by atoms with Gasteiger partial charge in [-0.2, -0.15) is 4.98 Å². The van der Waals surface area contributed by atoms with Crippen molar-refractivity contribution in [1.29, 1.82) is 0 Å². The van der Waals surface area contributed by atoms with E-state index in [4.69, 9.17) is 9.47 Å². The Hall–Kier alpha value is -1.25. The fourth-order valence-corrected chi connectivity index (χ4v) is 5.03. The lowest BCUT2D eigenvalue weighted by atomic mass is 10.1. The Labute approximate surface area is 156 Å².